The number of hydrogen-bond donors (Lipinski definition) is 1. The van der Waals surface area contributed by atoms with Crippen LogP contribution in [0.5, 0.6) is 0 Å². The van der Waals surface area contributed by atoms with Gasteiger partial charge in [0.2, 0.25) is 0 Å². The van der Waals surface area contributed by atoms with Crippen LogP contribution in [0.4, 0.5) is 0 Å². The molecule has 2 heteroatoms. The summed E-state index contributed by atoms with van der Waals surface area (Å²) in [4.78, 5) is 2.71. The van der Waals surface area contributed by atoms with Crippen molar-refractivity contribution in [3.05, 3.63) is 35.4 Å². The fourth-order valence-corrected chi connectivity index (χ4v) is 4.62. The molecular weight excluding hydrogens is 244 g/mol. The van der Waals surface area contributed by atoms with Crippen LogP contribution in [0.25, 0.3) is 0 Å². The summed E-state index contributed by atoms with van der Waals surface area (Å²) in [7, 11) is 0. The molecule has 1 aromatic carbocycles. The number of nitrogens with zero attached hydrogens (tertiary/aromatic N) is 1. The Morgan fingerprint density at radius 3 is 2.65 bits per heavy atom. The van der Waals surface area contributed by atoms with Crippen LogP contribution >= 0.6 is 0 Å². The highest BCUT2D eigenvalue weighted by Gasteiger charge is 2.46. The van der Waals surface area contributed by atoms with Gasteiger partial charge in [0.05, 0.1) is 5.54 Å². The van der Waals surface area contributed by atoms with Gasteiger partial charge >= 0.3 is 0 Å². The van der Waals surface area contributed by atoms with Crippen molar-refractivity contribution < 1.29 is 0 Å². The molecule has 0 amide bonds. The Balaban J connectivity index is 2.07. The van der Waals surface area contributed by atoms with Crippen LogP contribution in [-0.4, -0.2) is 24.0 Å². The summed E-state index contributed by atoms with van der Waals surface area (Å²) in [6.07, 6.45) is 3.77. The average Bonchev–Trinajstić information content (AvgIpc) is 2.80. The van der Waals surface area contributed by atoms with E-state index in [1.165, 1.54) is 36.9 Å². The maximum Gasteiger partial charge on any atom is 0.0589 e. The van der Waals surface area contributed by atoms with Gasteiger partial charge in [-0.05, 0) is 49.1 Å². The van der Waals surface area contributed by atoms with Crippen LogP contribution in [0, 0.1) is 5.92 Å². The van der Waals surface area contributed by atoms with Gasteiger partial charge < -0.3 is 5.73 Å². The highest BCUT2D eigenvalue weighted by atomic mass is 15.3. The molecule has 0 radical (unpaired) electrons. The minimum atomic E-state index is 0.0767. The predicted molar refractivity (Wildman–Crippen MR) is 84.8 cm³/mol. The van der Waals surface area contributed by atoms with E-state index in [-0.39, 0.29) is 5.54 Å². The van der Waals surface area contributed by atoms with Gasteiger partial charge in [-0.1, -0.05) is 38.1 Å². The first-order valence-electron chi connectivity index (χ1n) is 8.14. The lowest BCUT2D eigenvalue weighted by Crippen LogP contribution is -2.54. The molecule has 0 bridgehead atoms. The van der Waals surface area contributed by atoms with Gasteiger partial charge in [0.1, 0.15) is 0 Å². The Hall–Kier alpha value is -0.860. The van der Waals surface area contributed by atoms with Crippen molar-refractivity contribution in [3.63, 3.8) is 0 Å². The molecule has 3 rings (SSSR count). The smallest absolute Gasteiger partial charge is 0.0589 e. The number of likely N-dealkylation sites (tertiary alicyclic amines) is 1. The van der Waals surface area contributed by atoms with Crippen molar-refractivity contribution in [1.29, 1.82) is 0 Å². The molecule has 4 atom stereocenters. The first-order chi connectivity index (χ1) is 9.58. The van der Waals surface area contributed by atoms with Crippen molar-refractivity contribution >= 4 is 0 Å². The van der Waals surface area contributed by atoms with E-state index in [2.05, 4.69) is 49.9 Å². The van der Waals surface area contributed by atoms with Gasteiger partial charge in [-0.15, -0.1) is 0 Å². The van der Waals surface area contributed by atoms with Crippen molar-refractivity contribution in [2.24, 2.45) is 11.7 Å². The Morgan fingerprint density at radius 2 is 2.00 bits per heavy atom. The molecule has 0 spiro atoms. The largest absolute Gasteiger partial charge is 0.328 e. The summed E-state index contributed by atoms with van der Waals surface area (Å²) < 4.78 is 0. The van der Waals surface area contributed by atoms with E-state index in [1.54, 1.807) is 0 Å². The zero-order valence-corrected chi connectivity index (χ0v) is 13.1. The number of nitrogens with two attached hydrogens (primary N) is 1. The molecule has 110 valence electrons. The van der Waals surface area contributed by atoms with Gasteiger partial charge in [-0.2, -0.15) is 0 Å². The molecule has 2 N–H and O–H groups in total. The zero-order valence-electron chi connectivity index (χ0n) is 13.1. The fraction of sp³-hybridized carbons (Fsp3) is 0.667. The highest BCUT2D eigenvalue weighted by molar-refractivity contribution is 5.39. The summed E-state index contributed by atoms with van der Waals surface area (Å²) in [6.45, 7) is 9.05. The fourth-order valence-electron chi connectivity index (χ4n) is 4.62. The SMILES string of the molecule is CC1CC(C)N(C2(CN)CCC(C)c3ccccc32)C1. The molecule has 1 aliphatic carbocycles. The lowest BCUT2D eigenvalue weighted by Gasteiger charge is -2.49. The van der Waals surface area contributed by atoms with E-state index < -0.39 is 0 Å². The van der Waals surface area contributed by atoms with Gasteiger partial charge in [-0.3, -0.25) is 4.90 Å². The molecule has 20 heavy (non-hydrogen) atoms. The number of rotatable bonds is 2. The van der Waals surface area contributed by atoms with E-state index in [0.717, 1.165) is 12.5 Å². The van der Waals surface area contributed by atoms with E-state index in [0.29, 0.717) is 12.0 Å². The van der Waals surface area contributed by atoms with E-state index in [4.69, 9.17) is 5.73 Å². The normalized spacial score (nSPS) is 37.9. The van der Waals surface area contributed by atoms with Gasteiger partial charge in [0.25, 0.3) is 0 Å². The zero-order chi connectivity index (χ0) is 14.3. The molecule has 1 fully saturated rings. The molecule has 2 aliphatic rings. The molecule has 1 saturated heterocycles. The summed E-state index contributed by atoms with van der Waals surface area (Å²) >= 11 is 0. The molecule has 0 aromatic heterocycles. The molecule has 1 aromatic rings. The minimum Gasteiger partial charge on any atom is -0.328 e. The second kappa shape index (κ2) is 5.16. The van der Waals surface area contributed by atoms with Crippen molar-refractivity contribution in [2.75, 3.05) is 13.1 Å². The highest BCUT2D eigenvalue weighted by Crippen LogP contribution is 2.47. The summed E-state index contributed by atoms with van der Waals surface area (Å²) in [5.41, 5.74) is 9.45. The van der Waals surface area contributed by atoms with E-state index >= 15 is 0 Å². The van der Waals surface area contributed by atoms with Crippen LogP contribution in [0.3, 0.4) is 0 Å². The average molecular weight is 272 g/mol. The molecule has 0 saturated carbocycles. The van der Waals surface area contributed by atoms with Gasteiger partial charge in [-0.25, -0.2) is 0 Å². The lowest BCUT2D eigenvalue weighted by molar-refractivity contribution is 0.0622. The molecule has 4 unspecified atom stereocenters. The number of benzene rings is 1. The number of hydrogen-bond acceptors (Lipinski definition) is 2. The third-order valence-corrected chi connectivity index (χ3v) is 5.66. The standard InChI is InChI=1S/C18H28N2/c1-13-10-15(3)20(11-13)18(12-19)9-8-14(2)16-6-4-5-7-17(16)18/h4-7,13-15H,8-12,19H2,1-3H3. The third-order valence-electron chi connectivity index (χ3n) is 5.66. The maximum atomic E-state index is 6.34. The van der Waals surface area contributed by atoms with Crippen LogP contribution in [0.15, 0.2) is 24.3 Å². The van der Waals surface area contributed by atoms with Crippen LogP contribution < -0.4 is 5.73 Å². The van der Waals surface area contributed by atoms with Crippen LogP contribution in [0.1, 0.15) is 57.1 Å². The van der Waals surface area contributed by atoms with E-state index in [9.17, 15) is 0 Å². The summed E-state index contributed by atoms with van der Waals surface area (Å²) in [5.74, 6) is 1.46. The monoisotopic (exact) mass is 272 g/mol. The molecule has 1 heterocycles. The Morgan fingerprint density at radius 1 is 1.25 bits per heavy atom. The molecular formula is C18H28N2. The van der Waals surface area contributed by atoms with Crippen LogP contribution in [-0.2, 0) is 5.54 Å². The van der Waals surface area contributed by atoms with Crippen molar-refractivity contribution in [2.45, 2.75) is 57.5 Å². The third kappa shape index (κ3) is 2.01. The summed E-state index contributed by atoms with van der Waals surface area (Å²) in [5, 5.41) is 0. The van der Waals surface area contributed by atoms with Crippen molar-refractivity contribution in [1.82, 2.24) is 4.90 Å². The molecule has 1 aliphatic heterocycles. The predicted octanol–water partition coefficient (Wildman–Crippen LogP) is 3.47. The second-order valence-corrected chi connectivity index (χ2v) is 7.10. The quantitative estimate of drug-likeness (QED) is 0.893. The topological polar surface area (TPSA) is 29.3 Å². The summed E-state index contributed by atoms with van der Waals surface area (Å²) in [6, 6.07) is 9.65. The first-order valence-corrected chi connectivity index (χ1v) is 8.14. The van der Waals surface area contributed by atoms with Crippen molar-refractivity contribution in [3.8, 4) is 0 Å². The van der Waals surface area contributed by atoms with Gasteiger partial charge in [0, 0.05) is 19.1 Å². The second-order valence-electron chi connectivity index (χ2n) is 7.10. The molecule has 2 nitrogen and oxygen atoms in total. The minimum absolute atomic E-state index is 0.0767. The van der Waals surface area contributed by atoms with Gasteiger partial charge in [0.15, 0.2) is 0 Å². The Bertz CT molecular complexity index is 484. The lowest BCUT2D eigenvalue weighted by atomic mass is 9.71. The maximum absolute atomic E-state index is 6.34. The Kier molecular flexibility index (Phi) is 3.64. The van der Waals surface area contributed by atoms with Crippen LogP contribution in [0.2, 0.25) is 0 Å². The first kappa shape index (κ1) is 14.1. The number of fused-ring (bicyclic) bond motifs is 1. The van der Waals surface area contributed by atoms with E-state index in [1.807, 2.05) is 0 Å². The Labute approximate surface area is 123 Å².